The average molecular weight is 328 g/mol. The number of ether oxygens (including phenoxy) is 1. The normalized spacial score (nSPS) is 37.3. The molecule has 0 aliphatic heterocycles. The van der Waals surface area contributed by atoms with E-state index < -0.39 is 17.3 Å². The van der Waals surface area contributed by atoms with E-state index in [9.17, 15) is 14.7 Å². The predicted octanol–water partition coefficient (Wildman–Crippen LogP) is 3.43. The van der Waals surface area contributed by atoms with Crippen LogP contribution >= 0.6 is 0 Å². The van der Waals surface area contributed by atoms with E-state index in [4.69, 9.17) is 4.74 Å². The van der Waals surface area contributed by atoms with E-state index in [1.807, 2.05) is 13.0 Å². The minimum Gasteiger partial charge on any atom is -0.497 e. The van der Waals surface area contributed by atoms with Gasteiger partial charge >= 0.3 is 5.97 Å². The number of carboxylic acid groups (broad SMARTS) is 1. The quantitative estimate of drug-likeness (QED) is 0.903. The fourth-order valence-electron chi connectivity index (χ4n) is 5.80. The summed E-state index contributed by atoms with van der Waals surface area (Å²) in [6.45, 7) is 2.02. The maximum absolute atomic E-state index is 12.6. The van der Waals surface area contributed by atoms with E-state index in [1.165, 1.54) is 11.1 Å². The summed E-state index contributed by atoms with van der Waals surface area (Å²) in [6, 6.07) is 6.28. The zero-order valence-electron chi connectivity index (χ0n) is 14.2. The lowest BCUT2D eigenvalue weighted by Crippen LogP contribution is -2.45. The lowest BCUT2D eigenvalue weighted by Gasteiger charge is -2.49. The summed E-state index contributed by atoms with van der Waals surface area (Å²) in [5, 5.41) is 9.67. The Kier molecular flexibility index (Phi) is 3.48. The number of ketones is 1. The third-order valence-electron chi connectivity index (χ3n) is 6.98. The molecular weight excluding hydrogens is 304 g/mol. The fourth-order valence-corrected chi connectivity index (χ4v) is 5.80. The Bertz CT molecular complexity index is 710. The van der Waals surface area contributed by atoms with E-state index in [-0.39, 0.29) is 18.1 Å². The van der Waals surface area contributed by atoms with E-state index >= 15 is 0 Å². The largest absolute Gasteiger partial charge is 0.497 e. The SMILES string of the molecule is COc1ccc2c(c1)CC[C@H]1[C@@H]3[C@@H](C(=O)O)CC(=O)[C@@]3(C)CC[C@H]21. The van der Waals surface area contributed by atoms with Crippen LogP contribution in [0, 0.1) is 23.2 Å². The number of methoxy groups -OCH3 is 1. The number of fused-ring (bicyclic) bond motifs is 5. The van der Waals surface area contributed by atoms with Crippen molar-refractivity contribution >= 4 is 11.8 Å². The summed E-state index contributed by atoms with van der Waals surface area (Å²) < 4.78 is 5.34. The van der Waals surface area contributed by atoms with Crippen LogP contribution in [0.15, 0.2) is 18.2 Å². The van der Waals surface area contributed by atoms with Gasteiger partial charge in [-0.2, -0.15) is 0 Å². The van der Waals surface area contributed by atoms with Crippen LogP contribution < -0.4 is 4.74 Å². The molecule has 0 radical (unpaired) electrons. The Labute approximate surface area is 142 Å². The number of carbonyl (C=O) groups is 2. The maximum atomic E-state index is 12.6. The van der Waals surface area contributed by atoms with Gasteiger partial charge in [0, 0.05) is 11.8 Å². The fraction of sp³-hybridized carbons (Fsp3) is 0.600. The molecule has 5 atom stereocenters. The zero-order chi connectivity index (χ0) is 17.1. The number of benzene rings is 1. The molecule has 24 heavy (non-hydrogen) atoms. The van der Waals surface area contributed by atoms with Crippen molar-refractivity contribution in [3.63, 3.8) is 0 Å². The van der Waals surface area contributed by atoms with Crippen molar-refractivity contribution in [2.45, 2.75) is 44.9 Å². The Morgan fingerprint density at radius 1 is 1.33 bits per heavy atom. The molecule has 3 aliphatic rings. The first kappa shape index (κ1) is 15.7. The second-order valence-electron chi connectivity index (χ2n) is 7.93. The second-order valence-corrected chi connectivity index (χ2v) is 7.93. The molecule has 0 aromatic heterocycles. The van der Waals surface area contributed by atoms with Gasteiger partial charge in [-0.05, 0) is 66.7 Å². The summed E-state index contributed by atoms with van der Waals surface area (Å²) in [5.41, 5.74) is 2.24. The Hall–Kier alpha value is -1.84. The van der Waals surface area contributed by atoms with Gasteiger partial charge in [0.1, 0.15) is 11.5 Å². The highest BCUT2D eigenvalue weighted by Gasteiger charge is 2.60. The predicted molar refractivity (Wildman–Crippen MR) is 89.1 cm³/mol. The number of carboxylic acids is 1. The highest BCUT2D eigenvalue weighted by molar-refractivity contribution is 5.92. The minimum absolute atomic E-state index is 0.0171. The minimum atomic E-state index is -0.793. The molecule has 0 spiro atoms. The van der Waals surface area contributed by atoms with E-state index in [1.54, 1.807) is 7.11 Å². The highest BCUT2D eigenvalue weighted by Crippen LogP contribution is 2.61. The smallest absolute Gasteiger partial charge is 0.307 e. The molecule has 4 rings (SSSR count). The molecule has 4 nitrogen and oxygen atoms in total. The molecule has 0 heterocycles. The molecule has 0 amide bonds. The highest BCUT2D eigenvalue weighted by atomic mass is 16.5. The van der Waals surface area contributed by atoms with Crippen molar-refractivity contribution in [1.82, 2.24) is 0 Å². The van der Waals surface area contributed by atoms with Crippen LogP contribution in [-0.2, 0) is 16.0 Å². The van der Waals surface area contributed by atoms with Crippen molar-refractivity contribution in [3.05, 3.63) is 29.3 Å². The molecule has 2 saturated carbocycles. The molecule has 0 bridgehead atoms. The third-order valence-corrected chi connectivity index (χ3v) is 6.98. The van der Waals surface area contributed by atoms with Crippen LogP contribution in [0.4, 0.5) is 0 Å². The molecule has 1 N–H and O–H groups in total. The van der Waals surface area contributed by atoms with Crippen molar-refractivity contribution in [1.29, 1.82) is 0 Å². The van der Waals surface area contributed by atoms with Crippen LogP contribution in [0.3, 0.4) is 0 Å². The lowest BCUT2D eigenvalue weighted by molar-refractivity contribution is -0.145. The van der Waals surface area contributed by atoms with Gasteiger partial charge in [0.2, 0.25) is 0 Å². The first-order valence-electron chi connectivity index (χ1n) is 8.88. The van der Waals surface area contributed by atoms with Gasteiger partial charge in [0.15, 0.2) is 0 Å². The molecule has 128 valence electrons. The first-order chi connectivity index (χ1) is 11.5. The summed E-state index contributed by atoms with van der Waals surface area (Å²) in [7, 11) is 1.68. The molecule has 0 unspecified atom stereocenters. The number of hydrogen-bond donors (Lipinski definition) is 1. The summed E-state index contributed by atoms with van der Waals surface area (Å²) >= 11 is 0. The summed E-state index contributed by atoms with van der Waals surface area (Å²) in [6.07, 6.45) is 3.93. The number of hydrogen-bond acceptors (Lipinski definition) is 3. The van der Waals surface area contributed by atoms with Crippen LogP contribution in [0.5, 0.6) is 5.75 Å². The molecule has 3 aliphatic carbocycles. The molecule has 0 saturated heterocycles. The topological polar surface area (TPSA) is 63.6 Å². The van der Waals surface area contributed by atoms with Gasteiger partial charge in [0.25, 0.3) is 0 Å². The number of aryl methyl sites for hydroxylation is 1. The zero-order valence-corrected chi connectivity index (χ0v) is 14.2. The van der Waals surface area contributed by atoms with Gasteiger partial charge < -0.3 is 9.84 Å². The number of carbonyl (C=O) groups excluding carboxylic acids is 1. The van der Waals surface area contributed by atoms with Crippen LogP contribution in [0.25, 0.3) is 0 Å². The lowest BCUT2D eigenvalue weighted by atomic mass is 9.54. The maximum Gasteiger partial charge on any atom is 0.307 e. The van der Waals surface area contributed by atoms with E-state index in [0.717, 1.165) is 31.4 Å². The Morgan fingerprint density at radius 3 is 2.83 bits per heavy atom. The molecule has 2 fully saturated rings. The molecule has 1 aromatic rings. The number of rotatable bonds is 2. The van der Waals surface area contributed by atoms with Gasteiger partial charge in [0.05, 0.1) is 13.0 Å². The average Bonchev–Trinajstić information content (AvgIpc) is 2.86. The van der Waals surface area contributed by atoms with Crippen LogP contribution in [0.2, 0.25) is 0 Å². The third kappa shape index (κ3) is 2.04. The first-order valence-corrected chi connectivity index (χ1v) is 8.88. The number of Topliss-reactive ketones (excluding diaryl/α,β-unsaturated/α-hetero) is 1. The second kappa shape index (κ2) is 5.33. The van der Waals surface area contributed by atoms with E-state index in [0.29, 0.717) is 11.8 Å². The Morgan fingerprint density at radius 2 is 2.12 bits per heavy atom. The van der Waals surface area contributed by atoms with Crippen molar-refractivity contribution < 1.29 is 19.4 Å². The van der Waals surface area contributed by atoms with Gasteiger partial charge in [-0.25, -0.2) is 0 Å². The summed E-state index contributed by atoms with van der Waals surface area (Å²) in [5.74, 6) is 0.415. The standard InChI is InChI=1S/C20H24O4/c1-20-8-7-14-13-6-4-12(24-2)9-11(13)3-5-15(14)18(20)16(19(22)23)10-17(20)21/h4,6,9,14-16,18H,3,5,7-8,10H2,1-2H3,(H,22,23)/t14-,15-,16+,18-,20-/m1/s1. The molecule has 4 heteroatoms. The van der Waals surface area contributed by atoms with Crippen LogP contribution in [0.1, 0.15) is 49.7 Å². The summed E-state index contributed by atoms with van der Waals surface area (Å²) in [4.78, 5) is 24.3. The van der Waals surface area contributed by atoms with Crippen molar-refractivity contribution in [3.8, 4) is 5.75 Å². The van der Waals surface area contributed by atoms with Gasteiger partial charge in [-0.3, -0.25) is 9.59 Å². The van der Waals surface area contributed by atoms with E-state index in [2.05, 4.69) is 12.1 Å². The van der Waals surface area contributed by atoms with Gasteiger partial charge in [-0.15, -0.1) is 0 Å². The molecule has 1 aromatic carbocycles. The Balaban J connectivity index is 1.74. The monoisotopic (exact) mass is 328 g/mol. The molecular formula is C20H24O4. The van der Waals surface area contributed by atoms with Crippen molar-refractivity contribution in [2.75, 3.05) is 7.11 Å². The van der Waals surface area contributed by atoms with Gasteiger partial charge in [-0.1, -0.05) is 13.0 Å². The van der Waals surface area contributed by atoms with Crippen molar-refractivity contribution in [2.24, 2.45) is 23.2 Å². The number of aliphatic carboxylic acids is 1. The van der Waals surface area contributed by atoms with Crippen LogP contribution in [-0.4, -0.2) is 24.0 Å².